The second-order valence-electron chi connectivity index (χ2n) is 6.20. The lowest BCUT2D eigenvalue weighted by molar-refractivity contribution is -0.0517. The van der Waals surface area contributed by atoms with Crippen molar-refractivity contribution >= 4 is 15.9 Å². The predicted molar refractivity (Wildman–Crippen MR) is 79.6 cm³/mol. The van der Waals surface area contributed by atoms with Crippen LogP contribution in [0, 0.1) is 5.41 Å². The van der Waals surface area contributed by atoms with Crippen molar-refractivity contribution in [2.45, 2.75) is 45.1 Å². The number of halogens is 1. The molecule has 0 amide bonds. The molecule has 1 atom stereocenters. The van der Waals surface area contributed by atoms with Gasteiger partial charge in [-0.2, -0.15) is 0 Å². The van der Waals surface area contributed by atoms with E-state index in [0.29, 0.717) is 11.5 Å². The molecule has 1 unspecified atom stereocenters. The van der Waals surface area contributed by atoms with Crippen LogP contribution in [0.3, 0.4) is 0 Å². The van der Waals surface area contributed by atoms with Crippen LogP contribution >= 0.6 is 15.9 Å². The van der Waals surface area contributed by atoms with Crippen molar-refractivity contribution in [3.05, 3.63) is 34.3 Å². The van der Waals surface area contributed by atoms with Gasteiger partial charge in [0, 0.05) is 23.6 Å². The molecule has 18 heavy (non-hydrogen) atoms. The van der Waals surface area contributed by atoms with Crippen molar-refractivity contribution in [3.63, 3.8) is 0 Å². The van der Waals surface area contributed by atoms with Crippen LogP contribution in [-0.4, -0.2) is 18.0 Å². The van der Waals surface area contributed by atoms with E-state index in [0.717, 1.165) is 0 Å². The van der Waals surface area contributed by atoms with Gasteiger partial charge >= 0.3 is 0 Å². The first-order valence-electron chi connectivity index (χ1n) is 7.18. The summed E-state index contributed by atoms with van der Waals surface area (Å²) < 4.78 is 1.19. The molecule has 2 fully saturated rings. The van der Waals surface area contributed by atoms with Crippen LogP contribution in [-0.2, 0) is 0 Å². The first-order valence-corrected chi connectivity index (χ1v) is 7.97. The summed E-state index contributed by atoms with van der Waals surface area (Å²) in [4.78, 5) is 2.65. The molecule has 0 bridgehead atoms. The maximum absolute atomic E-state index is 3.57. The van der Waals surface area contributed by atoms with Crippen molar-refractivity contribution in [2.24, 2.45) is 5.41 Å². The summed E-state index contributed by atoms with van der Waals surface area (Å²) in [5.41, 5.74) is 2.13. The van der Waals surface area contributed by atoms with Crippen LogP contribution in [0.4, 0.5) is 0 Å². The number of hydrogen-bond acceptors (Lipinski definition) is 1. The minimum Gasteiger partial charge on any atom is -0.295 e. The van der Waals surface area contributed by atoms with E-state index in [4.69, 9.17) is 0 Å². The normalized spacial score (nSPS) is 24.8. The summed E-state index contributed by atoms with van der Waals surface area (Å²) in [7, 11) is 0. The lowest BCUT2D eigenvalue weighted by Crippen LogP contribution is -2.57. The first kappa shape index (κ1) is 12.7. The maximum Gasteiger partial charge on any atom is 0.0320 e. The number of rotatable bonds is 2. The van der Waals surface area contributed by atoms with Gasteiger partial charge in [-0.3, -0.25) is 4.90 Å². The zero-order valence-corrected chi connectivity index (χ0v) is 12.7. The molecule has 2 aliphatic rings. The minimum absolute atomic E-state index is 0.565. The van der Waals surface area contributed by atoms with Crippen molar-refractivity contribution in [1.82, 2.24) is 4.90 Å². The van der Waals surface area contributed by atoms with Crippen molar-refractivity contribution in [3.8, 4) is 0 Å². The van der Waals surface area contributed by atoms with Crippen molar-refractivity contribution in [1.29, 1.82) is 0 Å². The molecule has 1 spiro atoms. The molecule has 98 valence electrons. The highest BCUT2D eigenvalue weighted by molar-refractivity contribution is 9.10. The Morgan fingerprint density at radius 2 is 1.89 bits per heavy atom. The summed E-state index contributed by atoms with van der Waals surface area (Å²) in [6, 6.07) is 9.33. The largest absolute Gasteiger partial charge is 0.295 e. The predicted octanol–water partition coefficient (Wildman–Crippen LogP) is 4.78. The zero-order valence-electron chi connectivity index (χ0n) is 11.2. The monoisotopic (exact) mass is 307 g/mol. The van der Waals surface area contributed by atoms with Gasteiger partial charge in [0.2, 0.25) is 0 Å². The Labute approximate surface area is 119 Å². The molecule has 1 aromatic carbocycles. The Balaban J connectivity index is 1.64. The summed E-state index contributed by atoms with van der Waals surface area (Å²) in [5.74, 6) is 0. The minimum atomic E-state index is 0.565. The fraction of sp³-hybridized carbons (Fsp3) is 0.625. The van der Waals surface area contributed by atoms with Gasteiger partial charge in [-0.25, -0.2) is 0 Å². The van der Waals surface area contributed by atoms with Gasteiger partial charge in [0.15, 0.2) is 0 Å². The lowest BCUT2D eigenvalue weighted by atomic mass is 9.68. The molecule has 1 heterocycles. The maximum atomic E-state index is 3.57. The van der Waals surface area contributed by atoms with Crippen LogP contribution in [0.5, 0.6) is 0 Å². The van der Waals surface area contributed by atoms with E-state index < -0.39 is 0 Å². The van der Waals surface area contributed by atoms with Gasteiger partial charge in [0.25, 0.3) is 0 Å². The SMILES string of the molecule is CC(c1cccc(Br)c1)N1CC2(CCCCC2)C1. The number of hydrogen-bond donors (Lipinski definition) is 0. The van der Waals surface area contributed by atoms with Crippen LogP contribution in [0.1, 0.15) is 50.6 Å². The molecule has 2 heteroatoms. The second-order valence-corrected chi connectivity index (χ2v) is 7.11. The molecule has 1 aromatic rings. The molecular weight excluding hydrogens is 286 g/mol. The highest BCUT2D eigenvalue weighted by Gasteiger charge is 2.44. The van der Waals surface area contributed by atoms with E-state index in [1.54, 1.807) is 0 Å². The molecule has 0 aromatic heterocycles. The Bertz CT molecular complexity index is 415. The quantitative estimate of drug-likeness (QED) is 0.760. The third kappa shape index (κ3) is 2.37. The summed E-state index contributed by atoms with van der Waals surface area (Å²) in [6.07, 6.45) is 7.31. The lowest BCUT2D eigenvalue weighted by Gasteiger charge is -2.55. The van der Waals surface area contributed by atoms with Gasteiger partial charge in [0.05, 0.1) is 0 Å². The van der Waals surface area contributed by atoms with E-state index in [-0.39, 0.29) is 0 Å². The number of nitrogens with zero attached hydrogens (tertiary/aromatic N) is 1. The molecule has 1 saturated carbocycles. The number of likely N-dealkylation sites (tertiary alicyclic amines) is 1. The third-order valence-electron chi connectivity index (χ3n) is 4.87. The molecule has 1 aliphatic carbocycles. The Kier molecular flexibility index (Phi) is 3.50. The topological polar surface area (TPSA) is 3.24 Å². The van der Waals surface area contributed by atoms with Crippen LogP contribution in [0.25, 0.3) is 0 Å². The molecule has 1 saturated heterocycles. The summed E-state index contributed by atoms with van der Waals surface area (Å²) in [6.45, 7) is 4.98. The van der Waals surface area contributed by atoms with E-state index in [2.05, 4.69) is 52.0 Å². The average Bonchev–Trinajstić information content (AvgIpc) is 2.36. The van der Waals surface area contributed by atoms with E-state index in [1.165, 1.54) is 55.2 Å². The Morgan fingerprint density at radius 1 is 1.17 bits per heavy atom. The third-order valence-corrected chi connectivity index (χ3v) is 5.36. The zero-order chi connectivity index (χ0) is 12.6. The molecule has 3 rings (SSSR count). The molecule has 0 radical (unpaired) electrons. The van der Waals surface area contributed by atoms with Gasteiger partial charge < -0.3 is 0 Å². The fourth-order valence-electron chi connectivity index (χ4n) is 3.68. The average molecular weight is 308 g/mol. The van der Waals surface area contributed by atoms with Crippen LogP contribution < -0.4 is 0 Å². The van der Waals surface area contributed by atoms with Crippen molar-refractivity contribution in [2.75, 3.05) is 13.1 Å². The van der Waals surface area contributed by atoms with Crippen molar-refractivity contribution < 1.29 is 0 Å². The van der Waals surface area contributed by atoms with Crippen LogP contribution in [0.15, 0.2) is 28.7 Å². The number of benzene rings is 1. The van der Waals surface area contributed by atoms with Crippen LogP contribution in [0.2, 0.25) is 0 Å². The molecule has 1 aliphatic heterocycles. The highest BCUT2D eigenvalue weighted by atomic mass is 79.9. The van der Waals surface area contributed by atoms with Gasteiger partial charge in [-0.05, 0) is 42.9 Å². The highest BCUT2D eigenvalue weighted by Crippen LogP contribution is 2.46. The van der Waals surface area contributed by atoms with Gasteiger partial charge in [-0.1, -0.05) is 47.3 Å². The van der Waals surface area contributed by atoms with Gasteiger partial charge in [0.1, 0.15) is 0 Å². The molecule has 0 N–H and O–H groups in total. The summed E-state index contributed by atoms with van der Waals surface area (Å²) in [5, 5.41) is 0. The second kappa shape index (κ2) is 4.97. The molecule has 1 nitrogen and oxygen atoms in total. The fourth-order valence-corrected chi connectivity index (χ4v) is 4.10. The van der Waals surface area contributed by atoms with E-state index in [1.807, 2.05) is 0 Å². The van der Waals surface area contributed by atoms with E-state index in [9.17, 15) is 0 Å². The van der Waals surface area contributed by atoms with Gasteiger partial charge in [-0.15, -0.1) is 0 Å². The summed E-state index contributed by atoms with van der Waals surface area (Å²) >= 11 is 3.57. The molecular formula is C16H22BrN. The first-order chi connectivity index (χ1) is 8.69. The standard InChI is InChI=1S/C16H22BrN/c1-13(14-6-5-7-15(17)10-14)18-11-16(12-18)8-3-2-4-9-16/h5-7,10,13H,2-4,8-9,11-12H2,1H3. The Hall–Kier alpha value is -0.340. The smallest absolute Gasteiger partial charge is 0.0320 e. The Morgan fingerprint density at radius 3 is 2.56 bits per heavy atom. The van der Waals surface area contributed by atoms with E-state index >= 15 is 0 Å².